The van der Waals surface area contributed by atoms with Crippen molar-refractivity contribution in [3.05, 3.63) is 35.4 Å². The van der Waals surface area contributed by atoms with Gasteiger partial charge in [0.25, 0.3) is 6.43 Å². The fourth-order valence-corrected chi connectivity index (χ4v) is 2.77. The number of benzene rings is 1. The Balaban J connectivity index is 1.81. The Morgan fingerprint density at radius 2 is 2.17 bits per heavy atom. The molecule has 0 aliphatic heterocycles. The molecule has 0 saturated heterocycles. The van der Waals surface area contributed by atoms with E-state index in [2.05, 4.69) is 12.2 Å². The predicted octanol–water partition coefficient (Wildman–Crippen LogP) is 4.15. The molecule has 2 unspecified atom stereocenters. The summed E-state index contributed by atoms with van der Waals surface area (Å²) >= 11 is 0. The standard InChI is InChI=1S/C15H21F2N/c1-11-4-2-7-14(11)10-18-9-12-5-3-6-13(8-12)15(16)17/h3,5-6,8,11,14-15,18H,2,4,7,9-10H2,1H3. The summed E-state index contributed by atoms with van der Waals surface area (Å²) in [6, 6.07) is 6.68. The fraction of sp³-hybridized carbons (Fsp3) is 0.600. The lowest BCUT2D eigenvalue weighted by atomic mass is 9.98. The zero-order valence-corrected chi connectivity index (χ0v) is 10.8. The lowest BCUT2D eigenvalue weighted by Gasteiger charge is -2.16. The van der Waals surface area contributed by atoms with Gasteiger partial charge in [-0.15, -0.1) is 0 Å². The summed E-state index contributed by atoms with van der Waals surface area (Å²) in [5.41, 5.74) is 1.06. The average molecular weight is 253 g/mol. The summed E-state index contributed by atoms with van der Waals surface area (Å²) in [4.78, 5) is 0. The number of halogens is 2. The number of nitrogens with one attached hydrogen (secondary N) is 1. The highest BCUT2D eigenvalue weighted by molar-refractivity contribution is 5.24. The summed E-state index contributed by atoms with van der Waals surface area (Å²) in [6.07, 6.45) is 1.58. The van der Waals surface area contributed by atoms with E-state index in [9.17, 15) is 8.78 Å². The molecule has 3 heteroatoms. The largest absolute Gasteiger partial charge is 0.312 e. The zero-order valence-electron chi connectivity index (χ0n) is 10.8. The first kappa shape index (κ1) is 13.5. The van der Waals surface area contributed by atoms with Crippen molar-refractivity contribution in [1.82, 2.24) is 5.32 Å². The molecule has 1 aliphatic rings. The highest BCUT2D eigenvalue weighted by Gasteiger charge is 2.22. The molecule has 18 heavy (non-hydrogen) atoms. The van der Waals surface area contributed by atoms with E-state index in [-0.39, 0.29) is 5.56 Å². The SMILES string of the molecule is CC1CCCC1CNCc1cccc(C(F)F)c1. The number of hydrogen-bond donors (Lipinski definition) is 1. The minimum Gasteiger partial charge on any atom is -0.312 e. The third-order valence-electron chi connectivity index (χ3n) is 3.98. The van der Waals surface area contributed by atoms with Crippen LogP contribution in [0.25, 0.3) is 0 Å². The van der Waals surface area contributed by atoms with Gasteiger partial charge in [0, 0.05) is 12.1 Å². The first-order valence-corrected chi connectivity index (χ1v) is 6.74. The molecule has 100 valence electrons. The van der Waals surface area contributed by atoms with Gasteiger partial charge in [0.15, 0.2) is 0 Å². The van der Waals surface area contributed by atoms with Crippen LogP contribution in [-0.2, 0) is 6.54 Å². The molecule has 0 bridgehead atoms. The van der Waals surface area contributed by atoms with Crippen molar-refractivity contribution in [3.8, 4) is 0 Å². The van der Waals surface area contributed by atoms with E-state index >= 15 is 0 Å². The van der Waals surface area contributed by atoms with Crippen LogP contribution in [0.3, 0.4) is 0 Å². The predicted molar refractivity (Wildman–Crippen MR) is 69.6 cm³/mol. The van der Waals surface area contributed by atoms with Crippen LogP contribution in [0.2, 0.25) is 0 Å². The van der Waals surface area contributed by atoms with E-state index in [1.165, 1.54) is 25.3 Å². The maximum atomic E-state index is 12.5. The van der Waals surface area contributed by atoms with Gasteiger partial charge in [-0.05, 0) is 36.4 Å². The van der Waals surface area contributed by atoms with Crippen molar-refractivity contribution < 1.29 is 8.78 Å². The van der Waals surface area contributed by atoms with Gasteiger partial charge in [-0.25, -0.2) is 8.78 Å². The number of alkyl halides is 2. The van der Waals surface area contributed by atoms with Gasteiger partial charge in [-0.3, -0.25) is 0 Å². The maximum absolute atomic E-state index is 12.5. The van der Waals surface area contributed by atoms with Crippen molar-refractivity contribution in [2.45, 2.75) is 39.2 Å². The minimum atomic E-state index is -2.38. The van der Waals surface area contributed by atoms with E-state index in [0.717, 1.165) is 23.9 Å². The van der Waals surface area contributed by atoms with Gasteiger partial charge in [0.1, 0.15) is 0 Å². The quantitative estimate of drug-likeness (QED) is 0.831. The van der Waals surface area contributed by atoms with Crippen molar-refractivity contribution in [2.75, 3.05) is 6.54 Å². The Morgan fingerprint density at radius 1 is 1.33 bits per heavy atom. The van der Waals surface area contributed by atoms with E-state index in [1.54, 1.807) is 12.1 Å². The van der Waals surface area contributed by atoms with Crippen molar-refractivity contribution in [3.63, 3.8) is 0 Å². The molecule has 2 rings (SSSR count). The lowest BCUT2D eigenvalue weighted by molar-refractivity contribution is 0.151. The molecule has 1 aromatic rings. The van der Waals surface area contributed by atoms with Gasteiger partial charge < -0.3 is 5.32 Å². The molecule has 1 nitrogen and oxygen atoms in total. The Hall–Kier alpha value is -0.960. The van der Waals surface area contributed by atoms with E-state index in [4.69, 9.17) is 0 Å². The molecule has 0 amide bonds. The summed E-state index contributed by atoms with van der Waals surface area (Å²) in [5.74, 6) is 1.55. The van der Waals surface area contributed by atoms with Crippen molar-refractivity contribution in [1.29, 1.82) is 0 Å². The molecule has 0 radical (unpaired) electrons. The van der Waals surface area contributed by atoms with Crippen LogP contribution < -0.4 is 5.32 Å². The summed E-state index contributed by atoms with van der Waals surface area (Å²) in [7, 11) is 0. The molecule has 0 spiro atoms. The fourth-order valence-electron chi connectivity index (χ4n) is 2.77. The lowest BCUT2D eigenvalue weighted by Crippen LogP contribution is -2.23. The Morgan fingerprint density at radius 3 is 2.83 bits per heavy atom. The first-order valence-electron chi connectivity index (χ1n) is 6.74. The first-order chi connectivity index (χ1) is 8.66. The van der Waals surface area contributed by atoms with Crippen LogP contribution >= 0.6 is 0 Å². The van der Waals surface area contributed by atoms with Gasteiger partial charge in [-0.2, -0.15) is 0 Å². The highest BCUT2D eigenvalue weighted by atomic mass is 19.3. The normalized spacial score (nSPS) is 23.8. The summed E-state index contributed by atoms with van der Waals surface area (Å²) < 4.78 is 25.1. The molecule has 1 N–H and O–H groups in total. The molecule has 0 heterocycles. The monoisotopic (exact) mass is 253 g/mol. The second kappa shape index (κ2) is 6.28. The molecule has 1 aliphatic carbocycles. The van der Waals surface area contributed by atoms with Gasteiger partial charge in [0.05, 0.1) is 0 Å². The molecule has 0 aromatic heterocycles. The maximum Gasteiger partial charge on any atom is 0.263 e. The van der Waals surface area contributed by atoms with Gasteiger partial charge in [-0.1, -0.05) is 38.0 Å². The van der Waals surface area contributed by atoms with E-state index < -0.39 is 6.43 Å². The highest BCUT2D eigenvalue weighted by Crippen LogP contribution is 2.30. The summed E-state index contributed by atoms with van der Waals surface area (Å²) in [5, 5.41) is 3.40. The third kappa shape index (κ3) is 3.52. The smallest absolute Gasteiger partial charge is 0.263 e. The van der Waals surface area contributed by atoms with E-state index in [1.807, 2.05) is 6.07 Å². The molecule has 2 atom stereocenters. The topological polar surface area (TPSA) is 12.0 Å². The van der Waals surface area contributed by atoms with E-state index in [0.29, 0.717) is 6.54 Å². The number of hydrogen-bond acceptors (Lipinski definition) is 1. The van der Waals surface area contributed by atoms with Crippen LogP contribution in [-0.4, -0.2) is 6.54 Å². The van der Waals surface area contributed by atoms with Crippen LogP contribution in [0.4, 0.5) is 8.78 Å². The molecule has 1 aromatic carbocycles. The van der Waals surface area contributed by atoms with Gasteiger partial charge >= 0.3 is 0 Å². The minimum absolute atomic E-state index is 0.114. The second-order valence-corrected chi connectivity index (χ2v) is 5.34. The Bertz CT molecular complexity index is 379. The summed E-state index contributed by atoms with van der Waals surface area (Å²) in [6.45, 7) is 3.99. The zero-order chi connectivity index (χ0) is 13.0. The Labute approximate surface area is 108 Å². The van der Waals surface area contributed by atoms with Crippen LogP contribution in [0.15, 0.2) is 24.3 Å². The molecule has 1 saturated carbocycles. The molecular weight excluding hydrogens is 232 g/mol. The van der Waals surface area contributed by atoms with Crippen molar-refractivity contribution in [2.24, 2.45) is 11.8 Å². The van der Waals surface area contributed by atoms with Crippen LogP contribution in [0, 0.1) is 11.8 Å². The Kier molecular flexibility index (Phi) is 4.70. The average Bonchev–Trinajstić information content (AvgIpc) is 2.76. The molecular formula is C15H21F2N. The second-order valence-electron chi connectivity index (χ2n) is 5.34. The van der Waals surface area contributed by atoms with Crippen LogP contribution in [0.1, 0.15) is 43.7 Å². The number of rotatable bonds is 5. The van der Waals surface area contributed by atoms with Crippen molar-refractivity contribution >= 4 is 0 Å². The molecule has 1 fully saturated rings. The third-order valence-corrected chi connectivity index (χ3v) is 3.98. The van der Waals surface area contributed by atoms with Gasteiger partial charge in [0.2, 0.25) is 0 Å². The van der Waals surface area contributed by atoms with Crippen LogP contribution in [0.5, 0.6) is 0 Å².